The van der Waals surface area contributed by atoms with Crippen molar-refractivity contribution in [2.75, 3.05) is 20.2 Å². The quantitative estimate of drug-likeness (QED) is 0.775. The predicted octanol–water partition coefficient (Wildman–Crippen LogP) is 2.91. The minimum absolute atomic E-state index is 1.00. The van der Waals surface area contributed by atoms with Crippen molar-refractivity contribution in [2.24, 2.45) is 0 Å². The maximum absolute atomic E-state index is 5.34. The normalized spacial score (nSPS) is 16.7. The van der Waals surface area contributed by atoms with E-state index < -0.39 is 0 Å². The maximum atomic E-state index is 5.34. The number of hydrogen-bond acceptors (Lipinski definition) is 2. The molecule has 0 radical (unpaired) electrons. The van der Waals surface area contributed by atoms with Gasteiger partial charge in [-0.15, -0.1) is 0 Å². The Hall–Kier alpha value is -1.02. The van der Waals surface area contributed by atoms with Crippen molar-refractivity contribution in [1.82, 2.24) is 4.90 Å². The van der Waals surface area contributed by atoms with Crippen LogP contribution in [0.4, 0.5) is 0 Å². The largest absolute Gasteiger partial charge is 0.496 e. The molecule has 0 unspecified atom stereocenters. The number of benzene rings is 1. The molecule has 2 nitrogen and oxygen atoms in total. The van der Waals surface area contributed by atoms with Gasteiger partial charge in [0.1, 0.15) is 5.75 Å². The van der Waals surface area contributed by atoms with Crippen LogP contribution in [0.25, 0.3) is 0 Å². The number of hydrogen-bond donors (Lipinski definition) is 0. The molecule has 1 aromatic rings. The van der Waals surface area contributed by atoms with Gasteiger partial charge in [-0.25, -0.2) is 0 Å². The fourth-order valence-corrected chi connectivity index (χ4v) is 2.42. The summed E-state index contributed by atoms with van der Waals surface area (Å²) >= 11 is 0. The first-order chi connectivity index (χ1) is 7.70. The molecule has 1 fully saturated rings. The lowest BCUT2D eigenvalue weighted by Gasteiger charge is -2.18. The molecule has 0 saturated carbocycles. The highest BCUT2D eigenvalue weighted by Gasteiger charge is 2.13. The van der Waals surface area contributed by atoms with E-state index in [0.717, 1.165) is 12.3 Å². The Kier molecular flexibility index (Phi) is 3.49. The van der Waals surface area contributed by atoms with E-state index in [1.807, 2.05) is 0 Å². The van der Waals surface area contributed by atoms with Crippen LogP contribution in [-0.4, -0.2) is 25.1 Å². The molecule has 88 valence electrons. The molecule has 0 atom stereocenters. The van der Waals surface area contributed by atoms with Gasteiger partial charge < -0.3 is 4.74 Å². The molecule has 0 aliphatic carbocycles. The number of likely N-dealkylation sites (tertiary alicyclic amines) is 1. The third-order valence-electron chi connectivity index (χ3n) is 3.45. The van der Waals surface area contributed by atoms with Crippen LogP contribution in [0.15, 0.2) is 12.1 Å². The van der Waals surface area contributed by atoms with Crippen LogP contribution in [0.3, 0.4) is 0 Å². The number of aryl methyl sites for hydroxylation is 2. The molecule has 16 heavy (non-hydrogen) atoms. The second-order valence-electron chi connectivity index (χ2n) is 4.73. The van der Waals surface area contributed by atoms with Crippen molar-refractivity contribution >= 4 is 0 Å². The Morgan fingerprint density at radius 1 is 1.12 bits per heavy atom. The van der Waals surface area contributed by atoms with Crippen molar-refractivity contribution in [3.8, 4) is 5.75 Å². The summed E-state index contributed by atoms with van der Waals surface area (Å²) in [5, 5.41) is 0. The summed E-state index contributed by atoms with van der Waals surface area (Å²) in [5.74, 6) is 1.00. The highest BCUT2D eigenvalue weighted by molar-refractivity contribution is 5.41. The molecule has 1 aliphatic rings. The molecule has 0 aromatic heterocycles. The summed E-state index contributed by atoms with van der Waals surface area (Å²) in [7, 11) is 1.74. The fourth-order valence-electron chi connectivity index (χ4n) is 2.42. The van der Waals surface area contributed by atoms with Gasteiger partial charge in [0, 0.05) is 6.54 Å². The summed E-state index contributed by atoms with van der Waals surface area (Å²) < 4.78 is 5.34. The van der Waals surface area contributed by atoms with Crippen LogP contribution in [0, 0.1) is 13.8 Å². The lowest BCUT2D eigenvalue weighted by molar-refractivity contribution is 0.330. The Morgan fingerprint density at radius 2 is 1.81 bits per heavy atom. The van der Waals surface area contributed by atoms with Crippen molar-refractivity contribution in [3.63, 3.8) is 0 Å². The van der Waals surface area contributed by atoms with E-state index >= 15 is 0 Å². The van der Waals surface area contributed by atoms with E-state index in [0.29, 0.717) is 0 Å². The summed E-state index contributed by atoms with van der Waals surface area (Å²) in [5.41, 5.74) is 4.02. The van der Waals surface area contributed by atoms with Crippen molar-refractivity contribution in [2.45, 2.75) is 33.2 Å². The van der Waals surface area contributed by atoms with Crippen LogP contribution in [0.5, 0.6) is 5.75 Å². The number of rotatable bonds is 3. The van der Waals surface area contributed by atoms with E-state index in [4.69, 9.17) is 4.74 Å². The van der Waals surface area contributed by atoms with Crippen LogP contribution in [0.1, 0.15) is 29.5 Å². The van der Waals surface area contributed by atoms with E-state index in [1.165, 1.54) is 42.6 Å². The number of nitrogens with zero attached hydrogens (tertiary/aromatic N) is 1. The number of methoxy groups -OCH3 is 1. The third kappa shape index (κ3) is 2.38. The predicted molar refractivity (Wildman–Crippen MR) is 67.0 cm³/mol. The second kappa shape index (κ2) is 4.88. The van der Waals surface area contributed by atoms with Gasteiger partial charge in [0.15, 0.2) is 0 Å². The van der Waals surface area contributed by atoms with Crippen molar-refractivity contribution in [3.05, 3.63) is 28.8 Å². The molecular formula is C14H21NO. The molecular weight excluding hydrogens is 198 g/mol. The Bertz CT molecular complexity index is 367. The summed E-state index contributed by atoms with van der Waals surface area (Å²) in [6.45, 7) is 7.89. The van der Waals surface area contributed by atoms with Gasteiger partial charge in [-0.05, 0) is 62.5 Å². The fraction of sp³-hybridized carbons (Fsp3) is 0.571. The standard InChI is InChI=1S/C14H21NO/c1-11-9-14(16-3)12(2)8-13(11)10-15-6-4-5-7-15/h8-9H,4-7,10H2,1-3H3. The first-order valence-electron chi connectivity index (χ1n) is 6.07. The minimum Gasteiger partial charge on any atom is -0.496 e. The summed E-state index contributed by atoms with van der Waals surface area (Å²) in [6.07, 6.45) is 2.71. The Balaban J connectivity index is 2.17. The van der Waals surface area contributed by atoms with Gasteiger partial charge in [0.25, 0.3) is 0 Å². The van der Waals surface area contributed by atoms with Crippen LogP contribution in [-0.2, 0) is 6.54 Å². The Labute approximate surface area is 98.2 Å². The van der Waals surface area contributed by atoms with E-state index in [1.54, 1.807) is 7.11 Å². The average molecular weight is 219 g/mol. The Morgan fingerprint density at radius 3 is 2.44 bits per heavy atom. The molecule has 0 spiro atoms. The van der Waals surface area contributed by atoms with Crippen molar-refractivity contribution in [1.29, 1.82) is 0 Å². The van der Waals surface area contributed by atoms with E-state index in [2.05, 4.69) is 30.9 Å². The van der Waals surface area contributed by atoms with Gasteiger partial charge >= 0.3 is 0 Å². The highest BCUT2D eigenvalue weighted by atomic mass is 16.5. The molecule has 1 heterocycles. The van der Waals surface area contributed by atoms with Gasteiger partial charge in [-0.1, -0.05) is 6.07 Å². The van der Waals surface area contributed by atoms with E-state index in [-0.39, 0.29) is 0 Å². The monoisotopic (exact) mass is 219 g/mol. The zero-order valence-electron chi connectivity index (χ0n) is 10.5. The molecule has 2 heteroatoms. The molecule has 0 bridgehead atoms. The summed E-state index contributed by atoms with van der Waals surface area (Å²) in [4.78, 5) is 2.54. The molecule has 1 saturated heterocycles. The first-order valence-corrected chi connectivity index (χ1v) is 6.07. The van der Waals surface area contributed by atoms with Crippen LogP contribution >= 0.6 is 0 Å². The molecule has 0 amide bonds. The highest BCUT2D eigenvalue weighted by Crippen LogP contribution is 2.24. The molecule has 1 aliphatic heterocycles. The average Bonchev–Trinajstić information content (AvgIpc) is 2.75. The van der Waals surface area contributed by atoms with Gasteiger partial charge in [-0.2, -0.15) is 0 Å². The lowest BCUT2D eigenvalue weighted by atomic mass is 10.0. The zero-order valence-corrected chi connectivity index (χ0v) is 10.5. The van der Waals surface area contributed by atoms with Gasteiger partial charge in [0.05, 0.1) is 7.11 Å². The molecule has 0 N–H and O–H groups in total. The molecule has 1 aromatic carbocycles. The van der Waals surface area contributed by atoms with Crippen molar-refractivity contribution < 1.29 is 4.74 Å². The van der Waals surface area contributed by atoms with Crippen LogP contribution < -0.4 is 4.74 Å². The van der Waals surface area contributed by atoms with E-state index in [9.17, 15) is 0 Å². The number of ether oxygens (including phenoxy) is 1. The minimum atomic E-state index is 1.00. The smallest absolute Gasteiger partial charge is 0.122 e. The third-order valence-corrected chi connectivity index (χ3v) is 3.45. The van der Waals surface area contributed by atoms with Gasteiger partial charge in [-0.3, -0.25) is 4.90 Å². The summed E-state index contributed by atoms with van der Waals surface area (Å²) in [6, 6.07) is 4.42. The first kappa shape index (κ1) is 11.5. The maximum Gasteiger partial charge on any atom is 0.122 e. The topological polar surface area (TPSA) is 12.5 Å². The van der Waals surface area contributed by atoms with Crippen LogP contribution in [0.2, 0.25) is 0 Å². The second-order valence-corrected chi connectivity index (χ2v) is 4.73. The van der Waals surface area contributed by atoms with Gasteiger partial charge in [0.2, 0.25) is 0 Å². The lowest BCUT2D eigenvalue weighted by Crippen LogP contribution is -2.19. The molecule has 2 rings (SSSR count). The zero-order chi connectivity index (χ0) is 11.5. The SMILES string of the molecule is COc1cc(C)c(CN2CCCC2)cc1C.